The summed E-state index contributed by atoms with van der Waals surface area (Å²) in [6.45, 7) is 3.85. The summed E-state index contributed by atoms with van der Waals surface area (Å²) in [5, 5.41) is 4.25. The normalized spacial score (nSPS) is 26.3. The highest BCUT2D eigenvalue weighted by Gasteiger charge is 2.46. The molecule has 0 radical (unpaired) electrons. The maximum Gasteiger partial charge on any atom is 0.224 e. The topological polar surface area (TPSA) is 64.2 Å². The van der Waals surface area contributed by atoms with E-state index in [4.69, 9.17) is 5.73 Å². The summed E-state index contributed by atoms with van der Waals surface area (Å²) in [5.74, 6) is 0.972. The number of carbonyl (C=O) groups is 1. The largest absolute Gasteiger partial charge is 0.324 e. The average molecular weight is 324 g/mol. The SMILES string of the molecule is CC(=O)N1c2ccc(-c3cnn(C)c3)cc2[C@H](N)[C@@H](C)[C@@H]1C1CC1. The van der Waals surface area contributed by atoms with Gasteiger partial charge >= 0.3 is 0 Å². The van der Waals surface area contributed by atoms with E-state index in [2.05, 4.69) is 30.2 Å². The lowest BCUT2D eigenvalue weighted by Gasteiger charge is -2.44. The first-order valence-corrected chi connectivity index (χ1v) is 8.65. The molecular formula is C19H24N4O. The molecule has 1 aromatic heterocycles. The summed E-state index contributed by atoms with van der Waals surface area (Å²) >= 11 is 0. The Hall–Kier alpha value is -2.14. The van der Waals surface area contributed by atoms with Crippen LogP contribution < -0.4 is 10.6 Å². The Morgan fingerprint density at radius 3 is 2.62 bits per heavy atom. The van der Waals surface area contributed by atoms with E-state index in [0.717, 1.165) is 22.4 Å². The molecule has 1 amide bonds. The number of nitrogens with zero attached hydrogens (tertiary/aromatic N) is 3. The Kier molecular flexibility index (Phi) is 3.49. The maximum absolute atomic E-state index is 12.4. The molecule has 2 aliphatic rings. The van der Waals surface area contributed by atoms with Crippen LogP contribution in [0.2, 0.25) is 0 Å². The number of nitrogens with two attached hydrogens (primary N) is 1. The zero-order chi connectivity index (χ0) is 17.0. The zero-order valence-corrected chi connectivity index (χ0v) is 14.4. The second kappa shape index (κ2) is 5.45. The maximum atomic E-state index is 12.4. The first kappa shape index (κ1) is 15.4. The fourth-order valence-electron chi connectivity index (χ4n) is 4.14. The van der Waals surface area contributed by atoms with Gasteiger partial charge in [0.25, 0.3) is 0 Å². The molecule has 0 saturated heterocycles. The van der Waals surface area contributed by atoms with E-state index in [-0.39, 0.29) is 23.9 Å². The van der Waals surface area contributed by atoms with E-state index >= 15 is 0 Å². The van der Waals surface area contributed by atoms with Gasteiger partial charge in [-0.05, 0) is 47.9 Å². The number of aryl methyl sites for hydroxylation is 1. The third-order valence-corrected chi connectivity index (χ3v) is 5.53. The number of benzene rings is 1. The molecule has 2 heterocycles. The number of fused-ring (bicyclic) bond motifs is 1. The fraction of sp³-hybridized carbons (Fsp3) is 0.474. The summed E-state index contributed by atoms with van der Waals surface area (Å²) in [7, 11) is 1.91. The van der Waals surface area contributed by atoms with Crippen LogP contribution >= 0.6 is 0 Å². The number of amides is 1. The highest BCUT2D eigenvalue weighted by atomic mass is 16.2. The molecule has 1 saturated carbocycles. The van der Waals surface area contributed by atoms with Gasteiger partial charge in [-0.1, -0.05) is 13.0 Å². The number of rotatable bonds is 2. The van der Waals surface area contributed by atoms with Gasteiger partial charge in [-0.3, -0.25) is 9.48 Å². The monoisotopic (exact) mass is 324 g/mol. The van der Waals surface area contributed by atoms with Gasteiger partial charge in [0.2, 0.25) is 5.91 Å². The molecule has 3 atom stereocenters. The van der Waals surface area contributed by atoms with Crippen LogP contribution in [0.15, 0.2) is 30.6 Å². The molecule has 2 aromatic rings. The molecule has 126 valence electrons. The van der Waals surface area contributed by atoms with Gasteiger partial charge in [0, 0.05) is 43.5 Å². The Morgan fingerprint density at radius 2 is 2.04 bits per heavy atom. The second-order valence-electron chi connectivity index (χ2n) is 7.28. The molecule has 5 nitrogen and oxygen atoms in total. The molecule has 1 aliphatic heterocycles. The van der Waals surface area contributed by atoms with Crippen LogP contribution in [0.5, 0.6) is 0 Å². The standard InChI is InChI=1S/C19H24N4O/c1-11-18(20)16-8-14(15-9-21-22(3)10-15)6-7-17(16)23(12(2)24)19(11)13-4-5-13/h6-11,13,18-19H,4-5,20H2,1-3H3/t11-,18-,19-/m1/s1. The molecule has 1 aliphatic carbocycles. The van der Waals surface area contributed by atoms with Crippen molar-refractivity contribution in [2.24, 2.45) is 24.6 Å². The van der Waals surface area contributed by atoms with E-state index in [1.165, 1.54) is 12.8 Å². The van der Waals surface area contributed by atoms with Gasteiger partial charge in [-0.25, -0.2) is 0 Å². The molecule has 1 aromatic carbocycles. The van der Waals surface area contributed by atoms with Gasteiger partial charge in [-0.2, -0.15) is 5.10 Å². The lowest BCUT2D eigenvalue weighted by molar-refractivity contribution is -0.117. The molecular weight excluding hydrogens is 300 g/mol. The average Bonchev–Trinajstić information content (AvgIpc) is 3.30. The van der Waals surface area contributed by atoms with Gasteiger partial charge in [-0.15, -0.1) is 0 Å². The van der Waals surface area contributed by atoms with E-state index < -0.39 is 0 Å². The number of hydrogen-bond donors (Lipinski definition) is 1. The fourth-order valence-corrected chi connectivity index (χ4v) is 4.14. The second-order valence-corrected chi connectivity index (χ2v) is 7.28. The number of anilines is 1. The predicted molar refractivity (Wildman–Crippen MR) is 94.4 cm³/mol. The molecule has 0 bridgehead atoms. The van der Waals surface area contributed by atoms with Crippen LogP contribution in [-0.4, -0.2) is 21.7 Å². The highest BCUT2D eigenvalue weighted by molar-refractivity contribution is 5.94. The van der Waals surface area contributed by atoms with Crippen molar-refractivity contribution < 1.29 is 4.79 Å². The van der Waals surface area contributed by atoms with Crippen molar-refractivity contribution in [3.63, 3.8) is 0 Å². The highest BCUT2D eigenvalue weighted by Crippen LogP contribution is 2.48. The van der Waals surface area contributed by atoms with Crippen LogP contribution in [0.1, 0.15) is 38.3 Å². The van der Waals surface area contributed by atoms with E-state index in [0.29, 0.717) is 5.92 Å². The van der Waals surface area contributed by atoms with Crippen LogP contribution in [0, 0.1) is 11.8 Å². The van der Waals surface area contributed by atoms with Crippen LogP contribution in [0.3, 0.4) is 0 Å². The summed E-state index contributed by atoms with van der Waals surface area (Å²) in [6.07, 6.45) is 6.26. The lowest BCUT2D eigenvalue weighted by Crippen LogP contribution is -2.51. The van der Waals surface area contributed by atoms with Gasteiger partial charge in [0.1, 0.15) is 0 Å². The Balaban J connectivity index is 1.82. The first-order valence-electron chi connectivity index (χ1n) is 8.65. The third-order valence-electron chi connectivity index (χ3n) is 5.53. The minimum absolute atomic E-state index is 0.0437. The zero-order valence-electron chi connectivity index (χ0n) is 14.4. The first-order chi connectivity index (χ1) is 11.5. The smallest absolute Gasteiger partial charge is 0.224 e. The van der Waals surface area contributed by atoms with Crippen molar-refractivity contribution in [3.8, 4) is 11.1 Å². The minimum atomic E-state index is -0.0437. The molecule has 24 heavy (non-hydrogen) atoms. The molecule has 0 unspecified atom stereocenters. The van der Waals surface area contributed by atoms with Crippen molar-refractivity contribution in [1.82, 2.24) is 9.78 Å². The molecule has 0 spiro atoms. The van der Waals surface area contributed by atoms with Crippen LogP contribution in [-0.2, 0) is 11.8 Å². The number of carbonyl (C=O) groups excluding carboxylic acids is 1. The number of hydrogen-bond acceptors (Lipinski definition) is 3. The Bertz CT molecular complexity index is 792. The summed E-state index contributed by atoms with van der Waals surface area (Å²) in [4.78, 5) is 14.4. The van der Waals surface area contributed by atoms with Gasteiger partial charge in [0.15, 0.2) is 0 Å². The van der Waals surface area contributed by atoms with E-state index in [9.17, 15) is 4.79 Å². The van der Waals surface area contributed by atoms with Gasteiger partial charge < -0.3 is 10.6 Å². The summed E-state index contributed by atoms with van der Waals surface area (Å²) < 4.78 is 1.79. The van der Waals surface area contributed by atoms with E-state index in [1.54, 1.807) is 11.6 Å². The summed E-state index contributed by atoms with van der Waals surface area (Å²) in [6, 6.07) is 6.44. The van der Waals surface area contributed by atoms with Crippen LogP contribution in [0.4, 0.5) is 5.69 Å². The van der Waals surface area contributed by atoms with Crippen molar-refractivity contribution in [1.29, 1.82) is 0 Å². The Morgan fingerprint density at radius 1 is 1.29 bits per heavy atom. The predicted octanol–water partition coefficient (Wildman–Crippen LogP) is 2.87. The van der Waals surface area contributed by atoms with Crippen molar-refractivity contribution in [3.05, 3.63) is 36.2 Å². The molecule has 5 heteroatoms. The lowest BCUT2D eigenvalue weighted by atomic mass is 9.80. The molecule has 2 N–H and O–H groups in total. The van der Waals surface area contributed by atoms with Gasteiger partial charge in [0.05, 0.1) is 6.20 Å². The minimum Gasteiger partial charge on any atom is -0.324 e. The number of aromatic nitrogens is 2. The molecule has 1 fully saturated rings. The summed E-state index contributed by atoms with van der Waals surface area (Å²) in [5.41, 5.74) is 10.8. The van der Waals surface area contributed by atoms with E-state index in [1.807, 2.05) is 24.3 Å². The van der Waals surface area contributed by atoms with Crippen LogP contribution in [0.25, 0.3) is 11.1 Å². The van der Waals surface area contributed by atoms with Crippen molar-refractivity contribution >= 4 is 11.6 Å². The van der Waals surface area contributed by atoms with Crippen molar-refractivity contribution in [2.45, 2.75) is 38.8 Å². The Labute approximate surface area is 142 Å². The van der Waals surface area contributed by atoms with Crippen molar-refractivity contribution in [2.75, 3.05) is 4.90 Å². The third kappa shape index (κ3) is 2.35. The quantitative estimate of drug-likeness (QED) is 0.924. The molecule has 4 rings (SSSR count).